The number of hydrogen-bond acceptors (Lipinski definition) is 2. The number of unbranched alkanes of at least 4 members (excludes halogenated alkanes) is 6. The van der Waals surface area contributed by atoms with Gasteiger partial charge >= 0.3 is 0 Å². The van der Waals surface area contributed by atoms with Crippen molar-refractivity contribution in [3.05, 3.63) is 0 Å². The molecule has 0 amide bonds. The average molecular weight is 239 g/mol. The quantitative estimate of drug-likeness (QED) is 0.600. The van der Waals surface area contributed by atoms with E-state index in [1.807, 2.05) is 0 Å². The smallest absolute Gasteiger partial charge is 0.0707 e. The van der Waals surface area contributed by atoms with Crippen LogP contribution < -0.4 is 0 Å². The van der Waals surface area contributed by atoms with Gasteiger partial charge in [-0.15, -0.1) is 0 Å². The summed E-state index contributed by atoms with van der Waals surface area (Å²) in [4.78, 5) is 2.64. The largest absolute Gasteiger partial charge is 0.372 e. The Labute approximate surface area is 107 Å². The predicted octanol–water partition coefficient (Wildman–Crippen LogP) is 3.60. The van der Waals surface area contributed by atoms with Crippen LogP contribution in [0.3, 0.4) is 0 Å². The molecule has 0 aliphatic carbocycles. The molecule has 2 aliphatic rings. The molecule has 0 radical (unpaired) electrons. The summed E-state index contributed by atoms with van der Waals surface area (Å²) < 4.78 is 5.86. The summed E-state index contributed by atoms with van der Waals surface area (Å²) in [6, 6.07) is 0. The van der Waals surface area contributed by atoms with Crippen LogP contribution in [0.4, 0.5) is 0 Å². The molecule has 0 aromatic rings. The Morgan fingerprint density at radius 2 is 1.47 bits per heavy atom. The summed E-state index contributed by atoms with van der Waals surface area (Å²) >= 11 is 0. The van der Waals surface area contributed by atoms with Gasteiger partial charge in [0, 0.05) is 13.1 Å². The minimum Gasteiger partial charge on any atom is -0.372 e. The molecule has 2 heterocycles. The fourth-order valence-corrected chi connectivity index (χ4v) is 3.17. The van der Waals surface area contributed by atoms with Crippen molar-refractivity contribution < 1.29 is 4.74 Å². The minimum atomic E-state index is 0.568. The lowest BCUT2D eigenvalue weighted by atomic mass is 10.1. The van der Waals surface area contributed by atoms with Gasteiger partial charge in [0.05, 0.1) is 12.2 Å². The first kappa shape index (κ1) is 13.4. The number of nitrogens with zero attached hydrogens (tertiary/aromatic N) is 1. The van der Waals surface area contributed by atoms with Crippen LogP contribution in [0.15, 0.2) is 0 Å². The number of likely N-dealkylation sites (tertiary alicyclic amines) is 1. The summed E-state index contributed by atoms with van der Waals surface area (Å²) in [7, 11) is 0. The van der Waals surface area contributed by atoms with Crippen molar-refractivity contribution in [3.8, 4) is 0 Å². The van der Waals surface area contributed by atoms with E-state index < -0.39 is 0 Å². The number of ether oxygens (including phenoxy) is 1. The molecule has 2 heteroatoms. The molecule has 2 saturated heterocycles. The lowest BCUT2D eigenvalue weighted by Gasteiger charge is -2.32. The highest BCUT2D eigenvalue weighted by molar-refractivity contribution is 4.84. The molecule has 2 fully saturated rings. The third-order valence-corrected chi connectivity index (χ3v) is 4.20. The maximum absolute atomic E-state index is 5.86. The molecule has 0 spiro atoms. The van der Waals surface area contributed by atoms with Gasteiger partial charge in [-0.3, -0.25) is 4.90 Å². The number of hydrogen-bond donors (Lipinski definition) is 0. The van der Waals surface area contributed by atoms with Gasteiger partial charge in [0.15, 0.2) is 0 Å². The number of morpholine rings is 1. The summed E-state index contributed by atoms with van der Waals surface area (Å²) in [5.74, 6) is 0. The van der Waals surface area contributed by atoms with Crippen LogP contribution in [0.5, 0.6) is 0 Å². The molecule has 0 saturated carbocycles. The first-order chi connectivity index (χ1) is 8.38. The minimum absolute atomic E-state index is 0.568. The van der Waals surface area contributed by atoms with Crippen LogP contribution in [0.2, 0.25) is 0 Å². The van der Waals surface area contributed by atoms with E-state index in [0.29, 0.717) is 12.2 Å². The van der Waals surface area contributed by atoms with Crippen LogP contribution in [0.25, 0.3) is 0 Å². The first-order valence-corrected chi connectivity index (χ1v) is 7.76. The second-order valence-corrected chi connectivity index (χ2v) is 5.84. The monoisotopic (exact) mass is 239 g/mol. The normalized spacial score (nSPS) is 28.8. The summed E-state index contributed by atoms with van der Waals surface area (Å²) in [5, 5.41) is 0. The second-order valence-electron chi connectivity index (χ2n) is 5.84. The molecular weight excluding hydrogens is 210 g/mol. The Balaban J connectivity index is 1.45. The Hall–Kier alpha value is -0.0800. The van der Waals surface area contributed by atoms with Crippen LogP contribution >= 0.6 is 0 Å². The van der Waals surface area contributed by atoms with Crippen molar-refractivity contribution >= 4 is 0 Å². The number of fused-ring (bicyclic) bond motifs is 2. The van der Waals surface area contributed by atoms with Gasteiger partial charge in [-0.05, 0) is 25.8 Å². The van der Waals surface area contributed by atoms with Gasteiger partial charge in [0.2, 0.25) is 0 Å². The lowest BCUT2D eigenvalue weighted by Crippen LogP contribution is -2.42. The molecule has 2 nitrogen and oxygen atoms in total. The zero-order valence-electron chi connectivity index (χ0n) is 11.5. The summed E-state index contributed by atoms with van der Waals surface area (Å²) in [6.07, 6.45) is 13.7. The van der Waals surface area contributed by atoms with E-state index in [4.69, 9.17) is 4.74 Å². The van der Waals surface area contributed by atoms with Crippen molar-refractivity contribution in [1.82, 2.24) is 4.90 Å². The van der Waals surface area contributed by atoms with E-state index in [1.54, 1.807) is 0 Å². The van der Waals surface area contributed by atoms with Crippen LogP contribution in [-0.4, -0.2) is 36.7 Å². The lowest BCUT2D eigenvalue weighted by molar-refractivity contribution is -0.0385. The van der Waals surface area contributed by atoms with E-state index in [2.05, 4.69) is 11.8 Å². The topological polar surface area (TPSA) is 12.5 Å². The Morgan fingerprint density at radius 3 is 2.12 bits per heavy atom. The second kappa shape index (κ2) is 7.38. The van der Waals surface area contributed by atoms with Crippen LogP contribution in [0.1, 0.15) is 64.7 Å². The zero-order chi connectivity index (χ0) is 11.9. The van der Waals surface area contributed by atoms with Gasteiger partial charge in [-0.2, -0.15) is 0 Å². The van der Waals surface area contributed by atoms with Gasteiger partial charge in [0.25, 0.3) is 0 Å². The van der Waals surface area contributed by atoms with E-state index in [1.165, 1.54) is 77.4 Å². The molecule has 2 bridgehead atoms. The molecule has 17 heavy (non-hydrogen) atoms. The highest BCUT2D eigenvalue weighted by Crippen LogP contribution is 2.26. The zero-order valence-corrected chi connectivity index (χ0v) is 11.5. The van der Waals surface area contributed by atoms with Crippen molar-refractivity contribution in [2.45, 2.75) is 76.9 Å². The van der Waals surface area contributed by atoms with E-state index in [9.17, 15) is 0 Å². The fraction of sp³-hybridized carbons (Fsp3) is 1.00. The Bertz CT molecular complexity index is 195. The third-order valence-electron chi connectivity index (χ3n) is 4.20. The SMILES string of the molecule is CCCCCCCCCN1CC2CCC(C1)O2. The maximum Gasteiger partial charge on any atom is 0.0707 e. The highest BCUT2D eigenvalue weighted by atomic mass is 16.5. The molecule has 0 N–H and O–H groups in total. The Kier molecular flexibility index (Phi) is 5.79. The average Bonchev–Trinajstić information content (AvgIpc) is 2.68. The van der Waals surface area contributed by atoms with Crippen LogP contribution in [-0.2, 0) is 4.74 Å². The Morgan fingerprint density at radius 1 is 0.882 bits per heavy atom. The number of rotatable bonds is 8. The summed E-state index contributed by atoms with van der Waals surface area (Å²) in [6.45, 7) is 6.00. The molecule has 100 valence electrons. The molecule has 0 aromatic heterocycles. The van der Waals surface area contributed by atoms with Crippen molar-refractivity contribution in [2.24, 2.45) is 0 Å². The maximum atomic E-state index is 5.86. The molecular formula is C15H29NO. The summed E-state index contributed by atoms with van der Waals surface area (Å²) in [5.41, 5.74) is 0. The van der Waals surface area contributed by atoms with Crippen molar-refractivity contribution in [1.29, 1.82) is 0 Å². The van der Waals surface area contributed by atoms with E-state index in [-0.39, 0.29) is 0 Å². The fourth-order valence-electron chi connectivity index (χ4n) is 3.17. The van der Waals surface area contributed by atoms with Gasteiger partial charge in [-0.1, -0.05) is 45.4 Å². The third kappa shape index (κ3) is 4.59. The molecule has 2 rings (SSSR count). The van der Waals surface area contributed by atoms with Crippen molar-refractivity contribution in [2.75, 3.05) is 19.6 Å². The molecule has 2 aliphatic heterocycles. The van der Waals surface area contributed by atoms with Gasteiger partial charge in [0.1, 0.15) is 0 Å². The standard InChI is InChI=1S/C15H29NO/c1-2-3-4-5-6-7-8-11-16-12-14-9-10-15(13-16)17-14/h14-15H,2-13H2,1H3. The van der Waals surface area contributed by atoms with E-state index in [0.717, 1.165) is 0 Å². The van der Waals surface area contributed by atoms with Crippen LogP contribution in [0, 0.1) is 0 Å². The molecule has 0 aromatic carbocycles. The van der Waals surface area contributed by atoms with Crippen molar-refractivity contribution in [3.63, 3.8) is 0 Å². The van der Waals surface area contributed by atoms with Gasteiger partial charge in [-0.25, -0.2) is 0 Å². The molecule has 2 unspecified atom stereocenters. The first-order valence-electron chi connectivity index (χ1n) is 7.76. The predicted molar refractivity (Wildman–Crippen MR) is 72.3 cm³/mol. The van der Waals surface area contributed by atoms with Gasteiger partial charge < -0.3 is 4.74 Å². The molecule has 2 atom stereocenters. The van der Waals surface area contributed by atoms with E-state index >= 15 is 0 Å². The highest BCUT2D eigenvalue weighted by Gasteiger charge is 2.32.